The van der Waals surface area contributed by atoms with Crippen molar-refractivity contribution in [3.8, 4) is 0 Å². The van der Waals surface area contributed by atoms with Crippen molar-refractivity contribution >= 4 is 27.7 Å². The van der Waals surface area contributed by atoms with E-state index < -0.39 is 0 Å². The first kappa shape index (κ1) is 12.9. The Kier molecular flexibility index (Phi) is 3.56. The Morgan fingerprint density at radius 2 is 2.28 bits per heavy atom. The van der Waals surface area contributed by atoms with Crippen LogP contribution in [0.15, 0.2) is 21.2 Å². The normalized spacial score (nSPS) is 10.9. The van der Waals surface area contributed by atoms with Gasteiger partial charge in [0.1, 0.15) is 17.3 Å². The van der Waals surface area contributed by atoms with Gasteiger partial charge in [-0.3, -0.25) is 9.89 Å². The number of hydrogen-bond donors (Lipinski definition) is 2. The van der Waals surface area contributed by atoms with Gasteiger partial charge in [0.2, 0.25) is 0 Å². The number of carbonyl (C=O) groups excluding carboxylic acids is 1. The highest BCUT2D eigenvalue weighted by Gasteiger charge is 2.17. The van der Waals surface area contributed by atoms with Crippen LogP contribution in [0.4, 0.5) is 5.82 Å². The largest absolute Gasteiger partial charge is 0.465 e. The zero-order valence-corrected chi connectivity index (χ0v) is 12.0. The molecule has 2 aromatic heterocycles. The van der Waals surface area contributed by atoms with Gasteiger partial charge in [-0.05, 0) is 28.9 Å². The molecule has 2 aromatic rings. The zero-order valence-electron chi connectivity index (χ0n) is 10.4. The van der Waals surface area contributed by atoms with Crippen LogP contribution < -0.4 is 5.32 Å². The fourth-order valence-corrected chi connectivity index (χ4v) is 1.85. The maximum Gasteiger partial charge on any atom is 0.260 e. The standard InChI is InChI=1S/C12H14BrN3O2/c1-6(2)10-4-8(7(3)18-10)12(17)15-11-9(13)5-14-16-11/h4-6H,1-3H3,(H2,14,15,16,17). The summed E-state index contributed by atoms with van der Waals surface area (Å²) in [6.45, 7) is 5.82. The molecule has 0 aliphatic carbocycles. The van der Waals surface area contributed by atoms with Crippen molar-refractivity contribution < 1.29 is 9.21 Å². The number of nitrogens with zero attached hydrogens (tertiary/aromatic N) is 1. The summed E-state index contributed by atoms with van der Waals surface area (Å²) in [5, 5.41) is 9.25. The summed E-state index contributed by atoms with van der Waals surface area (Å²) in [4.78, 5) is 12.1. The minimum Gasteiger partial charge on any atom is -0.465 e. The molecule has 2 rings (SSSR count). The minimum absolute atomic E-state index is 0.215. The van der Waals surface area contributed by atoms with Crippen molar-refractivity contribution in [2.45, 2.75) is 26.7 Å². The molecule has 0 aliphatic rings. The van der Waals surface area contributed by atoms with E-state index in [2.05, 4.69) is 31.4 Å². The number of anilines is 1. The molecule has 18 heavy (non-hydrogen) atoms. The van der Waals surface area contributed by atoms with Crippen molar-refractivity contribution in [2.24, 2.45) is 0 Å². The number of halogens is 1. The Bertz CT molecular complexity index is 572. The summed E-state index contributed by atoms with van der Waals surface area (Å²) < 4.78 is 6.26. The number of furan rings is 1. The van der Waals surface area contributed by atoms with Crippen LogP contribution in [0.5, 0.6) is 0 Å². The molecule has 0 radical (unpaired) electrons. The van der Waals surface area contributed by atoms with Crippen LogP contribution in [0.3, 0.4) is 0 Å². The van der Waals surface area contributed by atoms with Crippen LogP contribution in [0.2, 0.25) is 0 Å². The Balaban J connectivity index is 2.21. The van der Waals surface area contributed by atoms with Crippen LogP contribution in [-0.4, -0.2) is 16.1 Å². The number of aromatic nitrogens is 2. The lowest BCUT2D eigenvalue weighted by Gasteiger charge is -2.01. The highest BCUT2D eigenvalue weighted by Crippen LogP contribution is 2.24. The maximum atomic E-state index is 12.1. The van der Waals surface area contributed by atoms with E-state index in [4.69, 9.17) is 4.42 Å². The highest BCUT2D eigenvalue weighted by atomic mass is 79.9. The van der Waals surface area contributed by atoms with Crippen molar-refractivity contribution in [2.75, 3.05) is 5.32 Å². The van der Waals surface area contributed by atoms with E-state index in [-0.39, 0.29) is 11.8 Å². The SMILES string of the molecule is Cc1oc(C(C)C)cc1C(=O)Nc1[nH]ncc1Br. The van der Waals surface area contributed by atoms with Gasteiger partial charge >= 0.3 is 0 Å². The molecule has 0 saturated carbocycles. The van der Waals surface area contributed by atoms with Gasteiger partial charge in [0.15, 0.2) is 0 Å². The summed E-state index contributed by atoms with van der Waals surface area (Å²) in [5.74, 6) is 2.00. The van der Waals surface area contributed by atoms with Crippen LogP contribution in [0.1, 0.15) is 41.6 Å². The van der Waals surface area contributed by atoms with Crippen LogP contribution in [0, 0.1) is 6.92 Å². The monoisotopic (exact) mass is 311 g/mol. The van der Waals surface area contributed by atoms with Crippen LogP contribution >= 0.6 is 15.9 Å². The first-order chi connectivity index (χ1) is 8.49. The van der Waals surface area contributed by atoms with E-state index in [0.717, 1.165) is 5.76 Å². The third-order valence-corrected chi connectivity index (χ3v) is 3.18. The molecular weight excluding hydrogens is 298 g/mol. The molecule has 0 bridgehead atoms. The average molecular weight is 312 g/mol. The zero-order chi connectivity index (χ0) is 13.3. The summed E-state index contributed by atoms with van der Waals surface area (Å²) in [6, 6.07) is 1.78. The van der Waals surface area contributed by atoms with Gasteiger partial charge in [0.05, 0.1) is 16.2 Å². The Labute approximate surface area is 113 Å². The second-order valence-corrected chi connectivity index (χ2v) is 5.17. The lowest BCUT2D eigenvalue weighted by atomic mass is 10.1. The second kappa shape index (κ2) is 4.97. The molecule has 96 valence electrons. The Morgan fingerprint density at radius 1 is 1.56 bits per heavy atom. The number of aromatic amines is 1. The van der Waals surface area contributed by atoms with E-state index in [1.54, 1.807) is 19.2 Å². The smallest absolute Gasteiger partial charge is 0.260 e. The van der Waals surface area contributed by atoms with Crippen molar-refractivity contribution in [1.29, 1.82) is 0 Å². The molecule has 0 aromatic carbocycles. The topological polar surface area (TPSA) is 70.9 Å². The number of aryl methyl sites for hydroxylation is 1. The summed E-state index contributed by atoms with van der Waals surface area (Å²) >= 11 is 3.28. The molecule has 0 saturated heterocycles. The number of nitrogens with one attached hydrogen (secondary N) is 2. The fraction of sp³-hybridized carbons (Fsp3) is 0.333. The molecule has 6 heteroatoms. The van der Waals surface area contributed by atoms with Gasteiger partial charge in [-0.2, -0.15) is 5.10 Å². The third kappa shape index (κ3) is 2.48. The lowest BCUT2D eigenvalue weighted by Crippen LogP contribution is -2.12. The highest BCUT2D eigenvalue weighted by molar-refractivity contribution is 9.10. The number of carbonyl (C=O) groups is 1. The average Bonchev–Trinajstić information content (AvgIpc) is 2.86. The van der Waals surface area contributed by atoms with E-state index >= 15 is 0 Å². The molecular formula is C12H14BrN3O2. The minimum atomic E-state index is -0.215. The summed E-state index contributed by atoms with van der Waals surface area (Å²) in [5.41, 5.74) is 0.542. The molecule has 2 heterocycles. The molecule has 0 fully saturated rings. The van der Waals surface area contributed by atoms with Gasteiger partial charge in [-0.15, -0.1) is 0 Å². The van der Waals surface area contributed by atoms with Crippen molar-refractivity contribution in [1.82, 2.24) is 10.2 Å². The molecule has 0 spiro atoms. The first-order valence-corrected chi connectivity index (χ1v) is 6.39. The Morgan fingerprint density at radius 3 is 2.78 bits per heavy atom. The van der Waals surface area contributed by atoms with E-state index in [0.29, 0.717) is 21.6 Å². The number of amides is 1. The predicted octanol–water partition coefficient (Wildman–Crippen LogP) is 3.45. The predicted molar refractivity (Wildman–Crippen MR) is 71.8 cm³/mol. The molecule has 0 aliphatic heterocycles. The van der Waals surface area contributed by atoms with E-state index in [9.17, 15) is 4.79 Å². The van der Waals surface area contributed by atoms with Crippen molar-refractivity contribution in [3.63, 3.8) is 0 Å². The lowest BCUT2D eigenvalue weighted by molar-refractivity contribution is 0.102. The van der Waals surface area contributed by atoms with Crippen LogP contribution in [0.25, 0.3) is 0 Å². The first-order valence-electron chi connectivity index (χ1n) is 5.59. The van der Waals surface area contributed by atoms with Crippen molar-refractivity contribution in [3.05, 3.63) is 33.8 Å². The summed E-state index contributed by atoms with van der Waals surface area (Å²) in [6.07, 6.45) is 1.58. The number of H-pyrrole nitrogens is 1. The quantitative estimate of drug-likeness (QED) is 0.912. The van der Waals surface area contributed by atoms with E-state index in [1.807, 2.05) is 13.8 Å². The van der Waals surface area contributed by atoms with Gasteiger partial charge < -0.3 is 9.73 Å². The molecule has 0 atom stereocenters. The van der Waals surface area contributed by atoms with Crippen LogP contribution in [-0.2, 0) is 0 Å². The molecule has 5 nitrogen and oxygen atoms in total. The van der Waals surface area contributed by atoms with E-state index in [1.165, 1.54) is 0 Å². The fourth-order valence-electron chi connectivity index (χ4n) is 1.56. The molecule has 2 N–H and O–H groups in total. The van der Waals surface area contributed by atoms with Gasteiger partial charge in [0.25, 0.3) is 5.91 Å². The van der Waals surface area contributed by atoms with Gasteiger partial charge in [0, 0.05) is 5.92 Å². The summed E-state index contributed by atoms with van der Waals surface area (Å²) in [7, 11) is 0. The number of hydrogen-bond acceptors (Lipinski definition) is 3. The van der Waals surface area contributed by atoms with Gasteiger partial charge in [-0.1, -0.05) is 13.8 Å². The maximum absolute atomic E-state index is 12.1. The molecule has 0 unspecified atom stereocenters. The third-order valence-electron chi connectivity index (χ3n) is 2.58. The Hall–Kier alpha value is -1.56. The molecule has 1 amide bonds. The number of rotatable bonds is 3. The second-order valence-electron chi connectivity index (χ2n) is 4.32. The van der Waals surface area contributed by atoms with Gasteiger partial charge in [-0.25, -0.2) is 0 Å².